The predicted molar refractivity (Wildman–Crippen MR) is 131 cm³/mol. The van der Waals surface area contributed by atoms with Crippen molar-refractivity contribution >= 4 is 28.1 Å². The summed E-state index contributed by atoms with van der Waals surface area (Å²) in [4.78, 5) is 16.3. The zero-order valence-corrected chi connectivity index (χ0v) is 19.4. The summed E-state index contributed by atoms with van der Waals surface area (Å²) < 4.78 is 26.4. The normalized spacial score (nSPS) is 14.4. The fraction of sp³-hybridized carbons (Fsp3) is 0.280. The number of methoxy groups -OCH3 is 1. The summed E-state index contributed by atoms with van der Waals surface area (Å²) in [6.07, 6.45) is 1.36. The maximum Gasteiger partial charge on any atom is 0.268 e. The molecule has 1 aliphatic rings. The first-order chi connectivity index (χ1) is 16.5. The highest BCUT2D eigenvalue weighted by Gasteiger charge is 2.19. The number of nitrogens with one attached hydrogen (secondary N) is 2. The van der Waals surface area contributed by atoms with Crippen LogP contribution in [0.25, 0.3) is 10.9 Å². The number of fused-ring (bicyclic) bond motifs is 1. The van der Waals surface area contributed by atoms with Gasteiger partial charge in [-0.3, -0.25) is 0 Å². The summed E-state index contributed by atoms with van der Waals surface area (Å²) in [5.74, 6) is 0.441. The zero-order valence-electron chi connectivity index (χ0n) is 19.4. The van der Waals surface area contributed by atoms with Gasteiger partial charge in [-0.25, -0.2) is 9.37 Å². The molecule has 0 aliphatic carbocycles. The van der Waals surface area contributed by atoms with Gasteiger partial charge in [-0.05, 0) is 56.4 Å². The highest BCUT2D eigenvalue weighted by Crippen LogP contribution is 2.38. The molecule has 2 aromatic carbocycles. The molecule has 0 bridgehead atoms. The molecule has 0 saturated carbocycles. The molecule has 9 heteroatoms. The van der Waals surface area contributed by atoms with Gasteiger partial charge in [0.05, 0.1) is 7.11 Å². The number of hydrogen-bond donors (Lipinski definition) is 2. The van der Waals surface area contributed by atoms with Crippen LogP contribution in [0.15, 0.2) is 48.8 Å². The quantitative estimate of drug-likeness (QED) is 0.430. The summed E-state index contributed by atoms with van der Waals surface area (Å²) in [6, 6.07) is 13.3. The highest BCUT2D eigenvalue weighted by atomic mass is 19.1. The van der Waals surface area contributed by atoms with E-state index in [0.29, 0.717) is 16.7 Å². The molecule has 5 rings (SSSR count). The van der Waals surface area contributed by atoms with Gasteiger partial charge in [0.25, 0.3) is 5.88 Å². The molecule has 0 unspecified atom stereocenters. The Kier molecular flexibility index (Phi) is 5.93. The molecule has 0 spiro atoms. The average molecular weight is 463 g/mol. The van der Waals surface area contributed by atoms with Crippen LogP contribution < -0.4 is 19.7 Å². The summed E-state index contributed by atoms with van der Waals surface area (Å²) in [7, 11) is 3.65. The lowest BCUT2D eigenvalue weighted by molar-refractivity contribution is 0.313. The van der Waals surface area contributed by atoms with Crippen molar-refractivity contribution in [1.29, 1.82) is 0 Å². The molecule has 1 fully saturated rings. The van der Waals surface area contributed by atoms with Crippen LogP contribution in [0.5, 0.6) is 17.4 Å². The number of H-pyrrole nitrogens is 1. The Morgan fingerprint density at radius 2 is 1.79 bits per heavy atom. The van der Waals surface area contributed by atoms with E-state index < -0.39 is 5.82 Å². The fourth-order valence-corrected chi connectivity index (χ4v) is 4.13. The lowest BCUT2D eigenvalue weighted by Crippen LogP contribution is -2.44. The van der Waals surface area contributed by atoms with Crippen LogP contribution in [-0.4, -0.2) is 60.2 Å². The Morgan fingerprint density at radius 3 is 2.53 bits per heavy atom. The third kappa shape index (κ3) is 4.34. The number of anilines is 3. The summed E-state index contributed by atoms with van der Waals surface area (Å²) in [6.45, 7) is 6.00. The monoisotopic (exact) mass is 462 g/mol. The molecule has 8 nitrogen and oxygen atoms in total. The van der Waals surface area contributed by atoms with Gasteiger partial charge in [-0.15, -0.1) is 0 Å². The number of aromatic nitrogens is 3. The van der Waals surface area contributed by atoms with E-state index in [1.165, 1.54) is 19.1 Å². The van der Waals surface area contributed by atoms with Crippen LogP contribution in [-0.2, 0) is 0 Å². The van der Waals surface area contributed by atoms with E-state index in [2.05, 4.69) is 49.2 Å². The minimum Gasteiger partial charge on any atom is -0.489 e. The molecule has 1 saturated heterocycles. The van der Waals surface area contributed by atoms with Gasteiger partial charge >= 0.3 is 0 Å². The van der Waals surface area contributed by atoms with Gasteiger partial charge in [0, 0.05) is 54.2 Å². The van der Waals surface area contributed by atoms with E-state index in [0.717, 1.165) is 37.6 Å². The smallest absolute Gasteiger partial charge is 0.268 e. The Hall–Kier alpha value is -3.85. The Bertz CT molecular complexity index is 1300. The third-order valence-electron chi connectivity index (χ3n) is 6.02. The number of rotatable bonds is 6. The van der Waals surface area contributed by atoms with Crippen molar-refractivity contribution in [2.45, 2.75) is 6.92 Å². The molecule has 2 N–H and O–H groups in total. The summed E-state index contributed by atoms with van der Waals surface area (Å²) >= 11 is 0. The zero-order chi connectivity index (χ0) is 23.7. The molecular formula is C25H27FN6O2. The van der Waals surface area contributed by atoms with Crippen LogP contribution in [0.3, 0.4) is 0 Å². The third-order valence-corrected chi connectivity index (χ3v) is 6.02. The predicted octanol–water partition coefficient (Wildman–Crippen LogP) is 4.70. The maximum atomic E-state index is 15.0. The Balaban J connectivity index is 1.36. The van der Waals surface area contributed by atoms with Crippen molar-refractivity contribution in [2.24, 2.45) is 0 Å². The number of aromatic amines is 1. The molecule has 4 aromatic rings. The second-order valence-corrected chi connectivity index (χ2v) is 8.42. The average Bonchev–Trinajstić information content (AvgIpc) is 3.23. The minimum absolute atomic E-state index is 0.0611. The number of likely N-dealkylation sites (N-methyl/N-ethyl adjacent to an activating group) is 1. The number of halogens is 1. The second kappa shape index (κ2) is 9.18. The number of ether oxygens (including phenoxy) is 2. The first-order valence-corrected chi connectivity index (χ1v) is 11.2. The number of nitrogens with zero attached hydrogens (tertiary/aromatic N) is 4. The van der Waals surface area contributed by atoms with Crippen molar-refractivity contribution in [3.8, 4) is 17.4 Å². The largest absolute Gasteiger partial charge is 0.489 e. The van der Waals surface area contributed by atoms with E-state index in [-0.39, 0.29) is 17.4 Å². The van der Waals surface area contributed by atoms with E-state index in [1.54, 1.807) is 18.2 Å². The lowest BCUT2D eigenvalue weighted by Gasteiger charge is -2.34. The van der Waals surface area contributed by atoms with Gasteiger partial charge in [0.2, 0.25) is 5.75 Å². The number of piperazine rings is 1. The van der Waals surface area contributed by atoms with Gasteiger partial charge in [0.1, 0.15) is 6.33 Å². The van der Waals surface area contributed by atoms with E-state index in [9.17, 15) is 0 Å². The van der Waals surface area contributed by atoms with Crippen LogP contribution in [0, 0.1) is 12.7 Å². The van der Waals surface area contributed by atoms with Crippen molar-refractivity contribution < 1.29 is 13.9 Å². The van der Waals surface area contributed by atoms with Crippen LogP contribution in [0.1, 0.15) is 5.69 Å². The van der Waals surface area contributed by atoms with Crippen LogP contribution >= 0.6 is 0 Å². The van der Waals surface area contributed by atoms with E-state index in [4.69, 9.17) is 9.47 Å². The first kappa shape index (κ1) is 22.0. The molecular weight excluding hydrogens is 435 g/mol. The van der Waals surface area contributed by atoms with Gasteiger partial charge < -0.3 is 29.6 Å². The molecule has 3 heterocycles. The lowest BCUT2D eigenvalue weighted by atomic mass is 10.2. The Morgan fingerprint density at radius 1 is 1.03 bits per heavy atom. The topological polar surface area (TPSA) is 78.5 Å². The van der Waals surface area contributed by atoms with Gasteiger partial charge in [0.15, 0.2) is 17.4 Å². The van der Waals surface area contributed by atoms with Gasteiger partial charge in [-0.1, -0.05) is 0 Å². The van der Waals surface area contributed by atoms with Gasteiger partial charge in [-0.2, -0.15) is 4.98 Å². The first-order valence-electron chi connectivity index (χ1n) is 11.2. The minimum atomic E-state index is -0.462. The van der Waals surface area contributed by atoms with E-state index in [1.807, 2.05) is 19.1 Å². The number of benzene rings is 2. The molecule has 1 aliphatic heterocycles. The molecule has 0 radical (unpaired) electrons. The highest BCUT2D eigenvalue weighted by molar-refractivity contribution is 5.83. The number of aryl methyl sites for hydroxylation is 1. The van der Waals surface area contributed by atoms with Crippen molar-refractivity contribution in [3.05, 3.63) is 60.3 Å². The Labute approximate surface area is 197 Å². The molecule has 34 heavy (non-hydrogen) atoms. The summed E-state index contributed by atoms with van der Waals surface area (Å²) in [5.41, 5.74) is 3.61. The molecule has 0 atom stereocenters. The maximum absolute atomic E-state index is 15.0. The SMILES string of the molecule is COc1c(Nc2ccc(N3CCN(C)CC3)cc2)ncnc1Oc1ccc2[nH]c(C)cc2c1F. The van der Waals surface area contributed by atoms with Crippen molar-refractivity contribution in [2.75, 3.05) is 50.6 Å². The van der Waals surface area contributed by atoms with E-state index >= 15 is 4.39 Å². The number of hydrogen-bond acceptors (Lipinski definition) is 7. The molecule has 2 aromatic heterocycles. The fourth-order valence-electron chi connectivity index (χ4n) is 4.13. The van der Waals surface area contributed by atoms with Crippen molar-refractivity contribution in [3.63, 3.8) is 0 Å². The summed E-state index contributed by atoms with van der Waals surface area (Å²) in [5, 5.41) is 3.71. The van der Waals surface area contributed by atoms with Crippen LogP contribution in [0.4, 0.5) is 21.6 Å². The second-order valence-electron chi connectivity index (χ2n) is 8.42. The standard InChI is InChI=1S/C25H27FN6O2/c1-16-14-19-20(29-16)8-9-21(22(19)26)34-25-23(33-3)24(27-15-28-25)30-17-4-6-18(7-5-17)32-12-10-31(2)11-13-32/h4-9,14-15,29H,10-13H2,1-3H3,(H,27,28,30). The van der Waals surface area contributed by atoms with Crippen LogP contribution in [0.2, 0.25) is 0 Å². The molecule has 176 valence electrons. The molecule has 0 amide bonds. The van der Waals surface area contributed by atoms with Crippen molar-refractivity contribution in [1.82, 2.24) is 19.9 Å².